The monoisotopic (exact) mass is 852 g/mol. The van der Waals surface area contributed by atoms with E-state index in [4.69, 9.17) is 23.2 Å². The van der Waals surface area contributed by atoms with Crippen molar-refractivity contribution in [1.29, 1.82) is 0 Å². The van der Waals surface area contributed by atoms with Crippen LogP contribution in [0.15, 0.2) is 96.6 Å². The molecule has 2 aliphatic rings. The molecule has 1 unspecified atom stereocenters. The van der Waals surface area contributed by atoms with E-state index in [-0.39, 0.29) is 35.6 Å². The molecule has 4 aromatic rings. The quantitative estimate of drug-likeness (QED) is 0.159. The van der Waals surface area contributed by atoms with Crippen LogP contribution in [0.4, 0.5) is 0 Å². The van der Waals surface area contributed by atoms with Crippen molar-refractivity contribution in [1.82, 2.24) is 0 Å². The Kier molecular flexibility index (Phi) is 23.1. The van der Waals surface area contributed by atoms with Gasteiger partial charge in [-0.05, 0) is 17.4 Å². The average molecular weight is 856 g/mol. The summed E-state index contributed by atoms with van der Waals surface area (Å²) in [7, 11) is 0. The zero-order chi connectivity index (χ0) is 37.5. The van der Waals surface area contributed by atoms with Crippen molar-refractivity contribution in [3.8, 4) is 11.1 Å². The molecular weight excluding hydrogens is 798 g/mol. The van der Waals surface area contributed by atoms with E-state index < -0.39 is 0 Å². The van der Waals surface area contributed by atoms with Crippen molar-refractivity contribution in [3.63, 3.8) is 0 Å². The van der Waals surface area contributed by atoms with Gasteiger partial charge >= 0.3 is 28.4 Å². The van der Waals surface area contributed by atoms with E-state index in [2.05, 4.69) is 140 Å². The molecule has 0 heterocycles. The summed E-state index contributed by atoms with van der Waals surface area (Å²) in [6.45, 7) is 22.7. The molecule has 0 fully saturated rings. The van der Waals surface area contributed by atoms with E-state index >= 15 is 0 Å². The maximum absolute atomic E-state index is 5.51. The van der Waals surface area contributed by atoms with Crippen LogP contribution < -0.4 is 0 Å². The van der Waals surface area contributed by atoms with E-state index in [1.807, 2.05) is 36.4 Å². The van der Waals surface area contributed by atoms with E-state index in [0.29, 0.717) is 11.3 Å². The van der Waals surface area contributed by atoms with Crippen LogP contribution in [0.25, 0.3) is 11.1 Å². The molecule has 282 valence electrons. The molecule has 0 aromatic heterocycles. The standard InChI is InChI=1S/C21H25.C13H21.2C6H4Cl.CH2.2ClH.Zr/c1-20(2,3)16-9-7-14-11-15-8-10-17(21(4,5)6)13-19(15)18(14)12-16;1-5-6-7-11-8-9-12(10-11)13(2,3)4;2*7-6-4-2-1-3-5-6;;;;/h7,9-10,12-13H,11H2,1-6H3;9-11H,5-7H2,1-4H3;2*1-2,4-5H;1H2;2*1H;/q4*-1;;;;. The molecule has 1 atom stereocenters. The predicted molar refractivity (Wildman–Crippen MR) is 231 cm³/mol. The normalized spacial score (nSPS) is 13.6. The van der Waals surface area contributed by atoms with E-state index in [1.54, 1.807) is 12.1 Å². The molecule has 0 aliphatic heterocycles. The average Bonchev–Trinajstić information content (AvgIpc) is 3.70. The third-order valence-corrected chi connectivity index (χ3v) is 8.90. The van der Waals surface area contributed by atoms with Crippen molar-refractivity contribution in [2.24, 2.45) is 11.3 Å². The maximum atomic E-state index is 5.51. The van der Waals surface area contributed by atoms with Crippen LogP contribution in [-0.4, -0.2) is 4.21 Å². The second kappa shape index (κ2) is 23.9. The Labute approximate surface area is 355 Å². The molecule has 0 spiro atoms. The Morgan fingerprint density at radius 1 is 0.731 bits per heavy atom. The Hall–Kier alpha value is -1.73. The minimum absolute atomic E-state index is 0. The van der Waals surface area contributed by atoms with Gasteiger partial charge in [-0.25, -0.2) is 6.08 Å². The Morgan fingerprint density at radius 2 is 1.27 bits per heavy atom. The van der Waals surface area contributed by atoms with Crippen LogP contribution in [0.2, 0.25) is 10.0 Å². The van der Waals surface area contributed by atoms with Crippen LogP contribution >= 0.6 is 48.0 Å². The number of halogens is 4. The van der Waals surface area contributed by atoms with Gasteiger partial charge in [-0.3, -0.25) is 6.08 Å². The first kappa shape index (κ1) is 50.3. The van der Waals surface area contributed by atoms with Gasteiger partial charge in [-0.2, -0.15) is 125 Å². The van der Waals surface area contributed by atoms with E-state index in [1.165, 1.54) is 82.5 Å². The first-order chi connectivity index (χ1) is 23.5. The van der Waals surface area contributed by atoms with Crippen molar-refractivity contribution in [3.05, 3.63) is 153 Å². The van der Waals surface area contributed by atoms with Gasteiger partial charge in [0.1, 0.15) is 0 Å². The fraction of sp³-hybridized carbons (Fsp3) is 0.383. The minimum atomic E-state index is 0. The van der Waals surface area contributed by atoms with Gasteiger partial charge in [0.2, 0.25) is 0 Å². The number of unbranched alkanes of at least 4 members (excludes halogenated alkanes) is 1. The van der Waals surface area contributed by atoms with Crippen molar-refractivity contribution in [2.75, 3.05) is 0 Å². The van der Waals surface area contributed by atoms with Crippen LogP contribution in [0.3, 0.4) is 0 Å². The summed E-state index contributed by atoms with van der Waals surface area (Å²) >= 11 is 12.3. The van der Waals surface area contributed by atoms with Crippen LogP contribution in [0.1, 0.15) is 111 Å². The number of allylic oxidation sites excluding steroid dienone is 4. The van der Waals surface area contributed by atoms with Gasteiger partial charge in [-0.15, -0.1) is 30.4 Å². The molecule has 6 rings (SSSR count). The fourth-order valence-electron chi connectivity index (χ4n) is 5.29. The SMILES string of the molecule is CC(C)(C)c1c[c-]c2c(c1)-c1cc(C(C)(C)C)ccc1C2.CCCCC1[C-]=CC(C(C)(C)C)=C1.Cl.Cl.Clc1c[c-]ccc1.Clc1c[c-]ccc1.[CH2]=[Zr]. The van der Waals surface area contributed by atoms with Gasteiger partial charge in [0.15, 0.2) is 0 Å². The van der Waals surface area contributed by atoms with Crippen molar-refractivity contribution < 1.29 is 24.2 Å². The molecule has 0 amide bonds. The van der Waals surface area contributed by atoms with Gasteiger partial charge in [0.05, 0.1) is 0 Å². The molecule has 0 saturated heterocycles. The summed E-state index contributed by atoms with van der Waals surface area (Å²) in [6, 6.07) is 35.1. The number of hydrogen-bond donors (Lipinski definition) is 0. The summed E-state index contributed by atoms with van der Waals surface area (Å²) in [5.74, 6) is 0.592. The van der Waals surface area contributed by atoms with Gasteiger partial charge in [0.25, 0.3) is 0 Å². The van der Waals surface area contributed by atoms with Crippen LogP contribution in [0, 0.1) is 35.6 Å². The van der Waals surface area contributed by atoms with Gasteiger partial charge in [0, 0.05) is 0 Å². The second-order valence-corrected chi connectivity index (χ2v) is 16.6. The summed E-state index contributed by atoms with van der Waals surface area (Å²) < 4.78 is 3.34. The second-order valence-electron chi connectivity index (χ2n) is 15.7. The first-order valence-corrected chi connectivity index (χ1v) is 20.1. The van der Waals surface area contributed by atoms with E-state index in [0.717, 1.165) is 16.5 Å². The zero-order valence-electron chi connectivity index (χ0n) is 32.8. The fourth-order valence-corrected chi connectivity index (χ4v) is 5.57. The molecule has 5 heteroatoms. The molecule has 52 heavy (non-hydrogen) atoms. The Morgan fingerprint density at radius 3 is 1.67 bits per heavy atom. The van der Waals surface area contributed by atoms with Crippen LogP contribution in [0.5, 0.6) is 0 Å². The number of hydrogen-bond acceptors (Lipinski definition) is 0. The molecule has 4 aromatic carbocycles. The number of benzene rings is 4. The molecule has 0 bridgehead atoms. The predicted octanol–water partition coefficient (Wildman–Crippen LogP) is 14.9. The van der Waals surface area contributed by atoms with Crippen LogP contribution in [-0.2, 0) is 41.5 Å². The van der Waals surface area contributed by atoms with Crippen molar-refractivity contribution in [2.45, 2.75) is 106 Å². The third-order valence-electron chi connectivity index (χ3n) is 8.43. The first-order valence-electron chi connectivity index (χ1n) is 17.6. The van der Waals surface area contributed by atoms with E-state index in [9.17, 15) is 0 Å². The van der Waals surface area contributed by atoms with Gasteiger partial charge in [-0.1, -0.05) is 145 Å². The van der Waals surface area contributed by atoms with Gasteiger partial charge < -0.3 is 0 Å². The molecule has 0 N–H and O–H groups in total. The third kappa shape index (κ3) is 17.2. The molecule has 0 radical (unpaired) electrons. The van der Waals surface area contributed by atoms with Crippen molar-refractivity contribution >= 4 is 52.2 Å². The summed E-state index contributed by atoms with van der Waals surface area (Å²) in [6.07, 6.45) is 12.9. The Bertz CT molecular complexity index is 1560. The molecule has 0 saturated carbocycles. The number of fused-ring (bicyclic) bond motifs is 3. The topological polar surface area (TPSA) is 0 Å². The molecule has 2 aliphatic carbocycles. The summed E-state index contributed by atoms with van der Waals surface area (Å²) in [5.41, 5.74) is 10.5. The number of rotatable bonds is 3. The molecular formula is C47H58Cl4Zr-4. The summed E-state index contributed by atoms with van der Waals surface area (Å²) in [5, 5.41) is 1.48. The molecule has 0 nitrogen and oxygen atoms in total. The summed E-state index contributed by atoms with van der Waals surface area (Å²) in [4.78, 5) is 0. The zero-order valence-corrected chi connectivity index (χ0v) is 38.4. The Balaban J connectivity index is 0.000000717.